The molecule has 0 fully saturated rings. The Labute approximate surface area is 188 Å². The fourth-order valence-electron chi connectivity index (χ4n) is 3.03. The first-order valence-electron chi connectivity index (χ1n) is 9.24. The number of anilines is 1. The number of esters is 1. The summed E-state index contributed by atoms with van der Waals surface area (Å²) in [6.45, 7) is 3.73. The van der Waals surface area contributed by atoms with Crippen molar-refractivity contribution in [2.24, 2.45) is 0 Å². The first-order chi connectivity index (χ1) is 14.9. The summed E-state index contributed by atoms with van der Waals surface area (Å²) in [5, 5.41) is 9.35. The minimum absolute atomic E-state index is 0.00421. The number of ether oxygens (including phenoxy) is 1. The summed E-state index contributed by atoms with van der Waals surface area (Å²) in [5.41, 5.74) is 0.948. The third-order valence-corrected chi connectivity index (χ3v) is 5.71. The van der Waals surface area contributed by atoms with E-state index in [2.05, 4.69) is 26.3 Å². The highest BCUT2D eigenvalue weighted by Crippen LogP contribution is 2.31. The number of carbonyl (C=O) groups excluding carboxylic acids is 2. The molecule has 158 valence electrons. The zero-order chi connectivity index (χ0) is 22.1. The smallest absolute Gasteiger partial charge is 0.359 e. The van der Waals surface area contributed by atoms with E-state index in [0.717, 1.165) is 21.6 Å². The second kappa shape index (κ2) is 8.48. The quantitative estimate of drug-likeness (QED) is 0.402. The normalized spacial score (nSPS) is 10.9. The summed E-state index contributed by atoms with van der Waals surface area (Å²) in [4.78, 5) is 38.5. The molecule has 1 N–H and O–H groups in total. The summed E-state index contributed by atoms with van der Waals surface area (Å²) in [6, 6.07) is 10.3. The monoisotopic (exact) mass is 501 g/mol. The van der Waals surface area contributed by atoms with Crippen LogP contribution >= 0.6 is 27.3 Å². The van der Waals surface area contributed by atoms with Gasteiger partial charge in [-0.05, 0) is 59.6 Å². The molecule has 0 bridgehead atoms. The van der Waals surface area contributed by atoms with Crippen LogP contribution < -0.4 is 10.9 Å². The van der Waals surface area contributed by atoms with Crippen molar-refractivity contribution in [2.75, 3.05) is 11.9 Å². The molecule has 0 spiro atoms. The van der Waals surface area contributed by atoms with Gasteiger partial charge in [0, 0.05) is 10.8 Å². The molecule has 4 aromatic rings. The number of thiophene rings is 1. The lowest BCUT2D eigenvalue weighted by molar-refractivity contribution is 0.0520. The van der Waals surface area contributed by atoms with Gasteiger partial charge in [0.15, 0.2) is 16.1 Å². The van der Waals surface area contributed by atoms with E-state index in [1.165, 1.54) is 6.07 Å². The van der Waals surface area contributed by atoms with Gasteiger partial charge in [-0.2, -0.15) is 9.78 Å². The number of fused-ring (bicyclic) bond motifs is 1. The summed E-state index contributed by atoms with van der Waals surface area (Å²) >= 11 is 4.27. The van der Waals surface area contributed by atoms with Gasteiger partial charge in [-0.25, -0.2) is 4.79 Å². The van der Waals surface area contributed by atoms with E-state index in [1.54, 1.807) is 36.6 Å². The zero-order valence-corrected chi connectivity index (χ0v) is 18.9. The molecule has 1 amide bonds. The highest BCUT2D eigenvalue weighted by Gasteiger charge is 2.24. The molecule has 0 saturated carbocycles. The molecule has 0 aliphatic rings. The Morgan fingerprint density at radius 3 is 2.77 bits per heavy atom. The van der Waals surface area contributed by atoms with Crippen LogP contribution in [0.3, 0.4) is 0 Å². The van der Waals surface area contributed by atoms with Crippen LogP contribution in [0.25, 0.3) is 16.5 Å². The van der Waals surface area contributed by atoms with Crippen molar-refractivity contribution in [3.05, 3.63) is 73.8 Å². The van der Waals surface area contributed by atoms with Crippen molar-refractivity contribution in [3.63, 3.8) is 0 Å². The Kier molecular flexibility index (Phi) is 5.75. The van der Waals surface area contributed by atoms with Crippen molar-refractivity contribution in [1.82, 2.24) is 9.78 Å². The first kappa shape index (κ1) is 21.0. The van der Waals surface area contributed by atoms with Gasteiger partial charge in [-0.1, -0.05) is 12.1 Å². The molecular weight excluding hydrogens is 486 g/mol. The average molecular weight is 502 g/mol. The Balaban J connectivity index is 1.90. The van der Waals surface area contributed by atoms with E-state index in [0.29, 0.717) is 15.7 Å². The van der Waals surface area contributed by atoms with Crippen LogP contribution in [0.5, 0.6) is 0 Å². The fraction of sp³-hybridized carbons (Fsp3) is 0.143. The number of furan rings is 1. The number of halogens is 1. The third-order valence-electron chi connectivity index (χ3n) is 4.39. The topological polar surface area (TPSA) is 103 Å². The highest BCUT2D eigenvalue weighted by atomic mass is 79.9. The molecule has 1 aromatic carbocycles. The van der Waals surface area contributed by atoms with Crippen LogP contribution in [0.2, 0.25) is 0 Å². The minimum atomic E-state index is -0.653. The van der Waals surface area contributed by atoms with Crippen LogP contribution in [0, 0.1) is 6.92 Å². The van der Waals surface area contributed by atoms with Gasteiger partial charge in [0.2, 0.25) is 0 Å². The zero-order valence-electron chi connectivity index (χ0n) is 16.5. The van der Waals surface area contributed by atoms with Crippen LogP contribution in [0.1, 0.15) is 33.5 Å². The summed E-state index contributed by atoms with van der Waals surface area (Å²) in [6.07, 6.45) is 0. The number of nitrogens with one attached hydrogen (secondary N) is 1. The Hall–Kier alpha value is -3.24. The van der Waals surface area contributed by atoms with Crippen LogP contribution in [0.4, 0.5) is 5.00 Å². The lowest BCUT2D eigenvalue weighted by atomic mass is 10.2. The van der Waals surface area contributed by atoms with Crippen molar-refractivity contribution in [1.29, 1.82) is 0 Å². The van der Waals surface area contributed by atoms with Gasteiger partial charge in [-0.15, -0.1) is 11.3 Å². The van der Waals surface area contributed by atoms with E-state index in [1.807, 2.05) is 13.0 Å². The number of rotatable bonds is 5. The van der Waals surface area contributed by atoms with E-state index >= 15 is 0 Å². The third kappa shape index (κ3) is 4.04. The number of aryl methyl sites for hydroxylation is 1. The summed E-state index contributed by atoms with van der Waals surface area (Å²) < 4.78 is 12.0. The fourth-order valence-corrected chi connectivity index (χ4v) is 4.27. The van der Waals surface area contributed by atoms with Crippen LogP contribution in [-0.2, 0) is 4.74 Å². The molecule has 4 rings (SSSR count). The van der Waals surface area contributed by atoms with E-state index in [-0.39, 0.29) is 28.4 Å². The summed E-state index contributed by atoms with van der Waals surface area (Å²) in [7, 11) is 0. The second-order valence-corrected chi connectivity index (χ2v) is 8.20. The molecule has 10 heteroatoms. The van der Waals surface area contributed by atoms with Gasteiger partial charge >= 0.3 is 5.97 Å². The number of aromatic nitrogens is 2. The molecule has 0 saturated heterocycles. The number of hydrogen-bond donors (Lipinski definition) is 1. The van der Waals surface area contributed by atoms with Crippen LogP contribution in [-0.4, -0.2) is 28.3 Å². The summed E-state index contributed by atoms with van der Waals surface area (Å²) in [5.74, 6) is -1.10. The molecule has 31 heavy (non-hydrogen) atoms. The number of amides is 1. The number of nitrogens with zero attached hydrogens (tertiary/aromatic N) is 2. The van der Waals surface area contributed by atoms with Gasteiger partial charge in [0.05, 0.1) is 17.7 Å². The van der Waals surface area contributed by atoms with Gasteiger partial charge in [-0.3, -0.25) is 9.59 Å². The van der Waals surface area contributed by atoms with Gasteiger partial charge in [0.1, 0.15) is 5.00 Å². The first-order valence-corrected chi connectivity index (χ1v) is 10.9. The van der Waals surface area contributed by atoms with Crippen molar-refractivity contribution in [3.8, 4) is 5.69 Å². The maximum absolute atomic E-state index is 13.3. The van der Waals surface area contributed by atoms with Gasteiger partial charge in [0.25, 0.3) is 11.5 Å². The van der Waals surface area contributed by atoms with Gasteiger partial charge < -0.3 is 14.5 Å². The molecule has 0 aliphatic carbocycles. The largest absolute Gasteiger partial charge is 0.461 e. The molecule has 8 nitrogen and oxygen atoms in total. The highest BCUT2D eigenvalue weighted by molar-refractivity contribution is 9.10. The predicted molar refractivity (Wildman–Crippen MR) is 120 cm³/mol. The van der Waals surface area contributed by atoms with Crippen molar-refractivity contribution in [2.45, 2.75) is 13.8 Å². The lowest BCUT2D eigenvalue weighted by Gasteiger charge is -2.10. The maximum Gasteiger partial charge on any atom is 0.359 e. The minimum Gasteiger partial charge on any atom is -0.461 e. The number of carbonyl (C=O) groups is 2. The molecule has 0 radical (unpaired) electrons. The number of hydrogen-bond acceptors (Lipinski definition) is 7. The molecule has 3 heterocycles. The Bertz CT molecular complexity index is 1370. The van der Waals surface area contributed by atoms with Crippen LogP contribution in [0.15, 0.2) is 55.7 Å². The predicted octanol–water partition coefficient (Wildman–Crippen LogP) is 4.54. The molecular formula is C21H16BrN3O5S. The molecule has 0 unspecified atom stereocenters. The maximum atomic E-state index is 13.3. The standard InChI is InChI=1S/C21H16BrN3O5S/c1-3-29-21(28)17-13-10-31-19(23-18(26)14-7-8-15(22)30-14)16(13)20(27)25(24-17)12-6-4-5-11(2)9-12/h4-10H,3H2,1-2H3,(H,23,26). The van der Waals surface area contributed by atoms with E-state index < -0.39 is 17.4 Å². The van der Waals surface area contributed by atoms with Crippen molar-refractivity contribution >= 4 is 54.9 Å². The average Bonchev–Trinajstić information content (AvgIpc) is 3.35. The molecule has 3 aromatic heterocycles. The lowest BCUT2D eigenvalue weighted by Crippen LogP contribution is -2.25. The SMILES string of the molecule is CCOC(=O)c1nn(-c2cccc(C)c2)c(=O)c2c(NC(=O)c3ccc(Br)o3)scc12. The van der Waals surface area contributed by atoms with E-state index in [4.69, 9.17) is 9.15 Å². The van der Waals surface area contributed by atoms with Crippen molar-refractivity contribution < 1.29 is 18.7 Å². The van der Waals surface area contributed by atoms with E-state index in [9.17, 15) is 14.4 Å². The molecule has 0 atom stereocenters. The molecule has 0 aliphatic heterocycles. The number of benzene rings is 1. The Morgan fingerprint density at radius 2 is 2.10 bits per heavy atom. The second-order valence-electron chi connectivity index (χ2n) is 6.54. The Morgan fingerprint density at radius 1 is 1.29 bits per heavy atom.